The van der Waals surface area contributed by atoms with E-state index in [2.05, 4.69) is 5.32 Å². The van der Waals surface area contributed by atoms with Crippen molar-refractivity contribution in [3.05, 3.63) is 0 Å². The molecule has 0 aromatic rings. The van der Waals surface area contributed by atoms with Gasteiger partial charge in [0, 0.05) is 13.1 Å². The Morgan fingerprint density at radius 1 is 1.23 bits per heavy atom. The van der Waals surface area contributed by atoms with Gasteiger partial charge in [-0.15, -0.1) is 0 Å². The van der Waals surface area contributed by atoms with E-state index in [1.165, 1.54) is 0 Å². The zero-order valence-electron chi connectivity index (χ0n) is 7.62. The molecule has 0 aromatic heterocycles. The van der Waals surface area contributed by atoms with Gasteiger partial charge in [0.2, 0.25) is 0 Å². The van der Waals surface area contributed by atoms with E-state index in [-0.39, 0.29) is 19.4 Å². The molecular formula is C7H16N2O4. The fourth-order valence-corrected chi connectivity index (χ4v) is 0.355. The van der Waals surface area contributed by atoms with Gasteiger partial charge >= 0.3 is 11.9 Å². The van der Waals surface area contributed by atoms with Crippen LogP contribution in [-0.2, 0) is 9.59 Å². The minimum absolute atomic E-state index is 0.0694. The van der Waals surface area contributed by atoms with Gasteiger partial charge in [-0.2, -0.15) is 0 Å². The minimum Gasteiger partial charge on any atom is -0.481 e. The highest BCUT2D eigenvalue weighted by molar-refractivity contribution is 5.67. The number of aliphatic carboxylic acids is 2. The molecule has 0 fully saturated rings. The summed E-state index contributed by atoms with van der Waals surface area (Å²) in [6.07, 6.45) is 0.274. The molecule has 0 unspecified atom stereocenters. The van der Waals surface area contributed by atoms with Crippen LogP contribution in [0.25, 0.3) is 0 Å². The quantitative estimate of drug-likeness (QED) is 0.449. The van der Waals surface area contributed by atoms with E-state index in [1.807, 2.05) is 0 Å². The highest BCUT2D eigenvalue weighted by Gasteiger charge is 1.90. The second-order valence-corrected chi connectivity index (χ2v) is 2.18. The van der Waals surface area contributed by atoms with Crippen LogP contribution < -0.4 is 11.1 Å². The standard InChI is InChI=1S/C4H9NO2.C3H7NO2/c1-5-3-2-4(6)7;4-2-1-3(5)6/h5H,2-3H2,1H3,(H,6,7);1-2,4H2,(H,5,6). The summed E-state index contributed by atoms with van der Waals surface area (Å²) in [5.74, 6) is -1.59. The number of carbonyl (C=O) groups is 2. The topological polar surface area (TPSA) is 113 Å². The first-order valence-electron chi connectivity index (χ1n) is 3.82. The van der Waals surface area contributed by atoms with Crippen molar-refractivity contribution in [1.82, 2.24) is 5.32 Å². The molecule has 13 heavy (non-hydrogen) atoms. The molecule has 0 saturated heterocycles. The smallest absolute Gasteiger partial charge is 0.304 e. The van der Waals surface area contributed by atoms with Crippen molar-refractivity contribution in [2.75, 3.05) is 20.1 Å². The Labute approximate surface area is 76.7 Å². The van der Waals surface area contributed by atoms with Crippen molar-refractivity contribution >= 4 is 11.9 Å². The third kappa shape index (κ3) is 24.8. The van der Waals surface area contributed by atoms with Crippen LogP contribution in [0.15, 0.2) is 0 Å². The first-order chi connectivity index (χ1) is 6.04. The maximum absolute atomic E-state index is 9.72. The van der Waals surface area contributed by atoms with Crippen molar-refractivity contribution in [3.63, 3.8) is 0 Å². The maximum Gasteiger partial charge on any atom is 0.304 e. The molecule has 0 saturated carbocycles. The third-order valence-electron chi connectivity index (χ3n) is 0.947. The first kappa shape index (κ1) is 14.4. The zero-order valence-corrected chi connectivity index (χ0v) is 7.62. The molecule has 0 aliphatic rings. The predicted octanol–water partition coefficient (Wildman–Crippen LogP) is -0.900. The largest absolute Gasteiger partial charge is 0.481 e. The molecule has 0 bridgehead atoms. The van der Waals surface area contributed by atoms with E-state index in [1.54, 1.807) is 7.05 Å². The van der Waals surface area contributed by atoms with E-state index in [9.17, 15) is 9.59 Å². The molecule has 0 spiro atoms. The molecule has 0 rings (SSSR count). The summed E-state index contributed by atoms with van der Waals surface area (Å²) in [7, 11) is 1.73. The second-order valence-electron chi connectivity index (χ2n) is 2.18. The number of rotatable bonds is 5. The number of nitrogens with one attached hydrogen (secondary N) is 1. The second kappa shape index (κ2) is 10.9. The van der Waals surface area contributed by atoms with Crippen molar-refractivity contribution in [2.45, 2.75) is 12.8 Å². The fraction of sp³-hybridized carbons (Fsp3) is 0.714. The third-order valence-corrected chi connectivity index (χ3v) is 0.947. The molecule has 0 aliphatic carbocycles. The van der Waals surface area contributed by atoms with Gasteiger partial charge in [0.15, 0.2) is 0 Å². The van der Waals surface area contributed by atoms with Crippen LogP contribution in [-0.4, -0.2) is 42.3 Å². The molecule has 5 N–H and O–H groups in total. The van der Waals surface area contributed by atoms with Crippen LogP contribution in [0.4, 0.5) is 0 Å². The summed E-state index contributed by atoms with van der Waals surface area (Å²) in [5, 5.41) is 18.6. The Bertz CT molecular complexity index is 149. The summed E-state index contributed by atoms with van der Waals surface area (Å²) < 4.78 is 0. The monoisotopic (exact) mass is 192 g/mol. The van der Waals surface area contributed by atoms with Gasteiger partial charge in [-0.25, -0.2) is 0 Å². The first-order valence-corrected chi connectivity index (χ1v) is 3.82. The molecule has 0 aliphatic heterocycles. The van der Waals surface area contributed by atoms with Crippen molar-refractivity contribution < 1.29 is 19.8 Å². The van der Waals surface area contributed by atoms with E-state index in [0.717, 1.165) is 0 Å². The van der Waals surface area contributed by atoms with Gasteiger partial charge in [0.05, 0.1) is 12.8 Å². The van der Waals surface area contributed by atoms with Crippen LogP contribution in [0, 0.1) is 0 Å². The number of carboxylic acid groups (broad SMARTS) is 2. The highest BCUT2D eigenvalue weighted by atomic mass is 16.4. The normalized spacial score (nSPS) is 8.46. The lowest BCUT2D eigenvalue weighted by Gasteiger charge is -1.88. The highest BCUT2D eigenvalue weighted by Crippen LogP contribution is 1.70. The molecule has 78 valence electrons. The van der Waals surface area contributed by atoms with E-state index >= 15 is 0 Å². The lowest BCUT2D eigenvalue weighted by atomic mass is 10.4. The van der Waals surface area contributed by atoms with Crippen LogP contribution >= 0.6 is 0 Å². The molecule has 0 radical (unpaired) electrons. The molecule has 0 aromatic carbocycles. The Morgan fingerprint density at radius 3 is 1.77 bits per heavy atom. The predicted molar refractivity (Wildman–Crippen MR) is 47.5 cm³/mol. The maximum atomic E-state index is 9.72. The average Bonchev–Trinajstić information content (AvgIpc) is 2.01. The lowest BCUT2D eigenvalue weighted by molar-refractivity contribution is -0.137. The Hall–Kier alpha value is -1.14. The summed E-state index contributed by atoms with van der Waals surface area (Å²) in [6.45, 7) is 0.782. The van der Waals surface area contributed by atoms with Gasteiger partial charge in [-0.1, -0.05) is 0 Å². The number of hydrogen-bond acceptors (Lipinski definition) is 4. The summed E-state index contributed by atoms with van der Waals surface area (Å²) in [5.41, 5.74) is 4.85. The minimum atomic E-state index is -0.836. The van der Waals surface area contributed by atoms with Crippen LogP contribution in [0.3, 0.4) is 0 Å². The van der Waals surface area contributed by atoms with E-state index in [4.69, 9.17) is 15.9 Å². The molecule has 0 atom stereocenters. The zero-order chi connectivity index (χ0) is 10.7. The van der Waals surface area contributed by atoms with Crippen molar-refractivity contribution in [2.24, 2.45) is 5.73 Å². The van der Waals surface area contributed by atoms with Gasteiger partial charge < -0.3 is 21.3 Å². The molecule has 6 nitrogen and oxygen atoms in total. The van der Waals surface area contributed by atoms with Crippen LogP contribution in [0.1, 0.15) is 12.8 Å². The Morgan fingerprint density at radius 2 is 1.69 bits per heavy atom. The van der Waals surface area contributed by atoms with Crippen molar-refractivity contribution in [1.29, 1.82) is 0 Å². The number of hydrogen-bond donors (Lipinski definition) is 4. The van der Waals surface area contributed by atoms with Gasteiger partial charge in [0.25, 0.3) is 0 Å². The Kier molecular flexibility index (Phi) is 12.0. The summed E-state index contributed by atoms with van der Waals surface area (Å²) in [6, 6.07) is 0. The Balaban J connectivity index is 0. The molecular weight excluding hydrogens is 176 g/mol. The van der Waals surface area contributed by atoms with Crippen molar-refractivity contribution in [3.8, 4) is 0 Å². The fourth-order valence-electron chi connectivity index (χ4n) is 0.355. The van der Waals surface area contributed by atoms with Gasteiger partial charge in [-0.3, -0.25) is 9.59 Å². The number of carboxylic acids is 2. The molecule has 6 heteroatoms. The molecule has 0 heterocycles. The average molecular weight is 192 g/mol. The van der Waals surface area contributed by atoms with Crippen LogP contribution in [0.5, 0.6) is 0 Å². The summed E-state index contributed by atoms with van der Waals surface area (Å²) >= 11 is 0. The van der Waals surface area contributed by atoms with E-state index < -0.39 is 11.9 Å². The summed E-state index contributed by atoms with van der Waals surface area (Å²) in [4.78, 5) is 19.2. The van der Waals surface area contributed by atoms with E-state index in [0.29, 0.717) is 6.54 Å². The molecule has 0 amide bonds. The lowest BCUT2D eigenvalue weighted by Crippen LogP contribution is -2.11. The van der Waals surface area contributed by atoms with Gasteiger partial charge in [0.1, 0.15) is 0 Å². The SMILES string of the molecule is CNCCC(=O)O.NCCC(=O)O. The number of nitrogens with two attached hydrogens (primary N) is 1. The van der Waals surface area contributed by atoms with Gasteiger partial charge in [-0.05, 0) is 7.05 Å². The van der Waals surface area contributed by atoms with Crippen LogP contribution in [0.2, 0.25) is 0 Å².